The molecule has 0 saturated heterocycles. The van der Waals surface area contributed by atoms with Gasteiger partial charge in [-0.1, -0.05) is 81.6 Å². The topological polar surface area (TPSA) is 58.6 Å². The minimum atomic E-state index is -0.724. The molecule has 0 unspecified atom stereocenters. The van der Waals surface area contributed by atoms with Gasteiger partial charge >= 0.3 is 0 Å². The molecular formula is C25H23BrCl2N2O3. The standard InChI is InChI=1S/C25H23BrCl2N2O3/c1-29-25(32)22(13-17-5-3-2-4-6-17)30(15-18-7-9-19(26)10-8-18)24(31)16-33-23-12-11-20(27)14-21(23)28/h2-12,14,22H,13,15-16H2,1H3,(H,29,32)/t22-/m0/s1. The van der Waals surface area contributed by atoms with Gasteiger partial charge in [0.15, 0.2) is 6.61 Å². The molecule has 0 aliphatic rings. The van der Waals surface area contributed by atoms with Gasteiger partial charge in [-0.25, -0.2) is 0 Å². The Bertz CT molecular complexity index is 1090. The largest absolute Gasteiger partial charge is 0.482 e. The van der Waals surface area contributed by atoms with Crippen molar-refractivity contribution in [2.75, 3.05) is 13.7 Å². The normalized spacial score (nSPS) is 11.5. The maximum Gasteiger partial charge on any atom is 0.261 e. The van der Waals surface area contributed by atoms with Gasteiger partial charge in [-0.15, -0.1) is 0 Å². The number of benzene rings is 3. The summed E-state index contributed by atoms with van der Waals surface area (Å²) in [5.74, 6) is -0.250. The molecule has 0 heterocycles. The van der Waals surface area contributed by atoms with Crippen molar-refractivity contribution in [3.8, 4) is 5.75 Å². The molecule has 5 nitrogen and oxygen atoms in total. The lowest BCUT2D eigenvalue weighted by Crippen LogP contribution is -2.51. The Labute approximate surface area is 211 Å². The quantitative estimate of drug-likeness (QED) is 0.382. The van der Waals surface area contributed by atoms with Gasteiger partial charge in [0, 0.05) is 29.5 Å². The third kappa shape index (κ3) is 7.22. The molecule has 3 aromatic rings. The second kappa shape index (κ2) is 12.1. The molecule has 0 aromatic heterocycles. The van der Waals surface area contributed by atoms with E-state index >= 15 is 0 Å². The number of carbonyl (C=O) groups excluding carboxylic acids is 2. The van der Waals surface area contributed by atoms with Crippen molar-refractivity contribution in [1.82, 2.24) is 10.2 Å². The molecule has 0 bridgehead atoms. The maximum atomic E-state index is 13.4. The number of ether oxygens (including phenoxy) is 1. The van der Waals surface area contributed by atoms with Gasteiger partial charge in [-0.05, 0) is 41.5 Å². The highest BCUT2D eigenvalue weighted by molar-refractivity contribution is 9.10. The molecule has 0 aliphatic carbocycles. The van der Waals surface area contributed by atoms with Crippen LogP contribution in [0.4, 0.5) is 0 Å². The lowest BCUT2D eigenvalue weighted by Gasteiger charge is -2.31. The monoisotopic (exact) mass is 548 g/mol. The van der Waals surface area contributed by atoms with Crippen LogP contribution in [0.15, 0.2) is 77.3 Å². The van der Waals surface area contributed by atoms with Gasteiger partial charge in [0.2, 0.25) is 5.91 Å². The van der Waals surface area contributed by atoms with Crippen molar-refractivity contribution < 1.29 is 14.3 Å². The first-order chi connectivity index (χ1) is 15.9. The smallest absolute Gasteiger partial charge is 0.261 e. The summed E-state index contributed by atoms with van der Waals surface area (Å²) < 4.78 is 6.61. The Balaban J connectivity index is 1.87. The molecule has 172 valence electrons. The van der Waals surface area contributed by atoms with Crippen LogP contribution in [-0.4, -0.2) is 36.4 Å². The number of halogens is 3. The zero-order chi connectivity index (χ0) is 23.8. The van der Waals surface area contributed by atoms with Crippen molar-refractivity contribution >= 4 is 50.9 Å². The maximum absolute atomic E-state index is 13.4. The van der Waals surface area contributed by atoms with Gasteiger partial charge in [0.05, 0.1) is 5.02 Å². The van der Waals surface area contributed by atoms with Crippen LogP contribution in [0.2, 0.25) is 10.0 Å². The highest BCUT2D eigenvalue weighted by Crippen LogP contribution is 2.27. The molecule has 3 rings (SSSR count). The van der Waals surface area contributed by atoms with Crippen molar-refractivity contribution in [3.63, 3.8) is 0 Å². The van der Waals surface area contributed by atoms with Crippen LogP contribution in [0.25, 0.3) is 0 Å². The molecule has 3 aromatic carbocycles. The van der Waals surface area contributed by atoms with Crippen molar-refractivity contribution in [3.05, 3.63) is 98.4 Å². The summed E-state index contributed by atoms with van der Waals surface area (Å²) in [7, 11) is 1.56. The molecule has 1 N–H and O–H groups in total. The van der Waals surface area contributed by atoms with Gasteiger partial charge in [-0.3, -0.25) is 9.59 Å². The average Bonchev–Trinajstić information content (AvgIpc) is 2.82. The van der Waals surface area contributed by atoms with Gasteiger partial charge in [0.1, 0.15) is 11.8 Å². The van der Waals surface area contributed by atoms with E-state index in [9.17, 15) is 9.59 Å². The highest BCUT2D eigenvalue weighted by atomic mass is 79.9. The third-order valence-corrected chi connectivity index (χ3v) is 6.09. The second-order valence-corrected chi connectivity index (χ2v) is 9.09. The first kappa shape index (κ1) is 25.1. The Morgan fingerprint density at radius 2 is 1.70 bits per heavy atom. The SMILES string of the molecule is CNC(=O)[C@H](Cc1ccccc1)N(Cc1ccc(Br)cc1)C(=O)COc1ccc(Cl)cc1Cl. The number of likely N-dealkylation sites (N-methyl/N-ethyl adjacent to an activating group) is 1. The molecule has 33 heavy (non-hydrogen) atoms. The Morgan fingerprint density at radius 1 is 1.00 bits per heavy atom. The number of hydrogen-bond donors (Lipinski definition) is 1. The highest BCUT2D eigenvalue weighted by Gasteiger charge is 2.30. The number of nitrogens with one attached hydrogen (secondary N) is 1. The molecular weight excluding hydrogens is 527 g/mol. The lowest BCUT2D eigenvalue weighted by atomic mass is 10.0. The molecule has 0 saturated carbocycles. The first-order valence-electron chi connectivity index (χ1n) is 10.2. The number of rotatable bonds is 9. The molecule has 1 atom stereocenters. The Kier molecular flexibility index (Phi) is 9.18. The Hall–Kier alpha value is -2.54. The van der Waals surface area contributed by atoms with Crippen LogP contribution < -0.4 is 10.1 Å². The van der Waals surface area contributed by atoms with Crippen LogP contribution >= 0.6 is 39.1 Å². The fourth-order valence-electron chi connectivity index (χ4n) is 3.32. The van der Waals surface area contributed by atoms with E-state index in [1.54, 1.807) is 30.1 Å². The predicted molar refractivity (Wildman–Crippen MR) is 135 cm³/mol. The zero-order valence-corrected chi connectivity index (χ0v) is 21.0. The summed E-state index contributed by atoms with van der Waals surface area (Å²) in [6.45, 7) is -0.0328. The number of nitrogens with zero attached hydrogens (tertiary/aromatic N) is 1. The number of amides is 2. The van der Waals surface area contributed by atoms with E-state index in [2.05, 4.69) is 21.2 Å². The predicted octanol–water partition coefficient (Wildman–Crippen LogP) is 5.52. The second-order valence-electron chi connectivity index (χ2n) is 7.33. The van der Waals surface area contributed by atoms with E-state index < -0.39 is 6.04 Å². The van der Waals surface area contributed by atoms with E-state index in [4.69, 9.17) is 27.9 Å². The van der Waals surface area contributed by atoms with Gasteiger partial charge < -0.3 is 15.0 Å². The Morgan fingerprint density at radius 3 is 2.33 bits per heavy atom. The van der Waals surface area contributed by atoms with E-state index in [0.717, 1.165) is 15.6 Å². The van der Waals surface area contributed by atoms with Crippen LogP contribution in [-0.2, 0) is 22.6 Å². The van der Waals surface area contributed by atoms with Crippen molar-refractivity contribution in [2.45, 2.75) is 19.0 Å². The van der Waals surface area contributed by atoms with Crippen LogP contribution in [0.3, 0.4) is 0 Å². The summed E-state index contributed by atoms with van der Waals surface area (Å²) in [6, 6.07) is 21.3. The van der Waals surface area contributed by atoms with E-state index in [1.165, 1.54) is 0 Å². The molecule has 8 heteroatoms. The van der Waals surface area contributed by atoms with Crippen molar-refractivity contribution in [1.29, 1.82) is 0 Å². The van der Waals surface area contributed by atoms with Crippen LogP contribution in [0.5, 0.6) is 5.75 Å². The number of hydrogen-bond acceptors (Lipinski definition) is 3. The van der Waals surface area contributed by atoms with E-state index in [1.807, 2.05) is 54.6 Å². The van der Waals surface area contributed by atoms with Crippen LogP contribution in [0, 0.1) is 0 Å². The first-order valence-corrected chi connectivity index (χ1v) is 11.8. The average molecular weight is 550 g/mol. The summed E-state index contributed by atoms with van der Waals surface area (Å²) in [5.41, 5.74) is 1.83. The van der Waals surface area contributed by atoms with Gasteiger partial charge in [0.25, 0.3) is 5.91 Å². The van der Waals surface area contributed by atoms with Crippen LogP contribution in [0.1, 0.15) is 11.1 Å². The van der Waals surface area contributed by atoms with Crippen molar-refractivity contribution in [2.24, 2.45) is 0 Å². The fourth-order valence-corrected chi connectivity index (χ4v) is 4.05. The minimum Gasteiger partial charge on any atom is -0.482 e. The third-order valence-electron chi connectivity index (χ3n) is 5.03. The summed E-state index contributed by atoms with van der Waals surface area (Å²) in [6.07, 6.45) is 0.366. The van der Waals surface area contributed by atoms with Gasteiger partial charge in [-0.2, -0.15) is 0 Å². The molecule has 0 radical (unpaired) electrons. The molecule has 2 amide bonds. The summed E-state index contributed by atoms with van der Waals surface area (Å²) in [4.78, 5) is 27.8. The minimum absolute atomic E-state index is 0.245. The summed E-state index contributed by atoms with van der Waals surface area (Å²) in [5, 5.41) is 3.47. The number of carbonyl (C=O) groups is 2. The summed E-state index contributed by atoms with van der Waals surface area (Å²) >= 11 is 15.5. The molecule has 0 aliphatic heterocycles. The van der Waals surface area contributed by atoms with E-state index in [0.29, 0.717) is 22.2 Å². The lowest BCUT2D eigenvalue weighted by molar-refractivity contribution is -0.142. The zero-order valence-electron chi connectivity index (χ0n) is 17.9. The fraction of sp³-hybridized carbons (Fsp3) is 0.200. The molecule has 0 spiro atoms. The van der Waals surface area contributed by atoms with E-state index in [-0.39, 0.29) is 25.0 Å². The molecule has 0 fully saturated rings.